The molecule has 4 rings (SSSR count). The maximum atomic E-state index is 13.0. The van der Waals surface area contributed by atoms with Gasteiger partial charge < -0.3 is 9.47 Å². The molecule has 148 valence electrons. The van der Waals surface area contributed by atoms with Crippen molar-refractivity contribution in [1.29, 1.82) is 0 Å². The maximum absolute atomic E-state index is 13.0. The molecule has 4 heterocycles. The average Bonchev–Trinajstić information content (AvgIpc) is 3.16. The average molecular weight is 397 g/mol. The minimum absolute atomic E-state index is 0.0827. The number of fused-ring (bicyclic) bond motifs is 4. The van der Waals surface area contributed by atoms with Gasteiger partial charge in [-0.25, -0.2) is 0 Å². The molecular weight excluding hydrogens is 368 g/mol. The van der Waals surface area contributed by atoms with E-state index in [1.165, 1.54) is 22.6 Å². The SMILES string of the molecule is CCCCc1ccc(C(C)=CC(=O)N2CC3CC(C2)c2cccc(=O)n2C3)s1. The molecule has 1 fully saturated rings. The number of hydrogen-bond donors (Lipinski definition) is 0. The van der Waals surface area contributed by atoms with Crippen molar-refractivity contribution < 1.29 is 4.79 Å². The van der Waals surface area contributed by atoms with Crippen molar-refractivity contribution in [3.8, 4) is 0 Å². The predicted octanol–water partition coefficient (Wildman–Crippen LogP) is 4.30. The Bertz CT molecular complexity index is 956. The Morgan fingerprint density at radius 3 is 2.89 bits per heavy atom. The van der Waals surface area contributed by atoms with Gasteiger partial charge in [0, 0.05) is 53.1 Å². The van der Waals surface area contributed by atoms with Crippen LogP contribution >= 0.6 is 11.3 Å². The van der Waals surface area contributed by atoms with Crippen LogP contribution in [0.25, 0.3) is 5.57 Å². The minimum Gasteiger partial charge on any atom is -0.338 e. The number of thiophene rings is 1. The fourth-order valence-electron chi connectivity index (χ4n) is 4.50. The van der Waals surface area contributed by atoms with Crippen LogP contribution in [0.1, 0.15) is 54.5 Å². The zero-order valence-corrected chi connectivity index (χ0v) is 17.5. The van der Waals surface area contributed by atoms with Gasteiger partial charge in [0.25, 0.3) is 5.56 Å². The standard InChI is InChI=1S/C23H28N2O2S/c1-3-4-6-19-9-10-21(28-19)16(2)11-23(27)24-13-17-12-18(15-24)20-7-5-8-22(26)25(20)14-17/h5,7-11,17-18H,3-4,6,12-15H2,1-2H3. The highest BCUT2D eigenvalue weighted by Crippen LogP contribution is 2.35. The second kappa shape index (κ2) is 8.08. The summed E-state index contributed by atoms with van der Waals surface area (Å²) in [6, 6.07) is 9.85. The molecule has 2 atom stereocenters. The van der Waals surface area contributed by atoms with Crippen molar-refractivity contribution >= 4 is 22.8 Å². The lowest BCUT2D eigenvalue weighted by atomic mass is 9.83. The molecule has 2 aliphatic rings. The summed E-state index contributed by atoms with van der Waals surface area (Å²) >= 11 is 1.80. The first kappa shape index (κ1) is 19.2. The van der Waals surface area contributed by atoms with Crippen LogP contribution in [0.15, 0.2) is 41.2 Å². The molecule has 1 amide bonds. The highest BCUT2D eigenvalue weighted by atomic mass is 32.1. The summed E-state index contributed by atoms with van der Waals surface area (Å²) in [5.74, 6) is 0.732. The van der Waals surface area contributed by atoms with Gasteiger partial charge in [-0.1, -0.05) is 19.4 Å². The summed E-state index contributed by atoms with van der Waals surface area (Å²) in [6.45, 7) is 6.42. The number of pyridine rings is 1. The normalized spacial score (nSPS) is 21.5. The van der Waals surface area contributed by atoms with E-state index in [2.05, 4.69) is 19.1 Å². The van der Waals surface area contributed by atoms with Crippen LogP contribution in [-0.2, 0) is 17.8 Å². The Morgan fingerprint density at radius 2 is 2.07 bits per heavy atom. The second-order valence-electron chi connectivity index (χ2n) is 8.14. The van der Waals surface area contributed by atoms with Crippen molar-refractivity contribution in [3.05, 3.63) is 62.2 Å². The molecule has 2 aromatic rings. The van der Waals surface area contributed by atoms with E-state index >= 15 is 0 Å². The summed E-state index contributed by atoms with van der Waals surface area (Å²) in [4.78, 5) is 29.7. The zero-order valence-electron chi connectivity index (χ0n) is 16.7. The van der Waals surface area contributed by atoms with E-state index in [4.69, 9.17) is 0 Å². The molecule has 0 radical (unpaired) electrons. The number of allylic oxidation sites excluding steroid dienone is 1. The van der Waals surface area contributed by atoms with E-state index in [0.29, 0.717) is 12.5 Å². The summed E-state index contributed by atoms with van der Waals surface area (Å²) in [5, 5.41) is 0. The highest BCUT2D eigenvalue weighted by Gasteiger charge is 2.35. The Kier molecular flexibility index (Phi) is 5.54. The van der Waals surface area contributed by atoms with Crippen LogP contribution in [0.5, 0.6) is 0 Å². The van der Waals surface area contributed by atoms with E-state index in [1.54, 1.807) is 23.5 Å². The van der Waals surface area contributed by atoms with Crippen molar-refractivity contribution in [1.82, 2.24) is 9.47 Å². The number of aryl methyl sites for hydroxylation is 1. The molecule has 0 saturated carbocycles. The first-order valence-electron chi connectivity index (χ1n) is 10.3. The zero-order chi connectivity index (χ0) is 19.7. The third kappa shape index (κ3) is 3.86. The number of carbonyl (C=O) groups is 1. The number of carbonyl (C=O) groups excluding carboxylic acids is 1. The highest BCUT2D eigenvalue weighted by molar-refractivity contribution is 7.13. The number of rotatable bonds is 5. The van der Waals surface area contributed by atoms with E-state index in [0.717, 1.165) is 37.2 Å². The van der Waals surface area contributed by atoms with Gasteiger partial charge in [-0.3, -0.25) is 9.59 Å². The molecule has 0 aliphatic carbocycles. The van der Waals surface area contributed by atoms with Crippen LogP contribution in [0, 0.1) is 5.92 Å². The maximum Gasteiger partial charge on any atom is 0.250 e. The van der Waals surface area contributed by atoms with E-state index in [-0.39, 0.29) is 17.4 Å². The lowest BCUT2D eigenvalue weighted by molar-refractivity contribution is -0.128. The van der Waals surface area contributed by atoms with Crippen LogP contribution in [0.4, 0.5) is 0 Å². The third-order valence-electron chi connectivity index (χ3n) is 5.96. The monoisotopic (exact) mass is 396 g/mol. The Labute approximate surface area is 170 Å². The molecule has 2 bridgehead atoms. The Morgan fingerprint density at radius 1 is 1.21 bits per heavy atom. The molecule has 4 nitrogen and oxygen atoms in total. The first-order valence-corrected chi connectivity index (χ1v) is 11.1. The molecule has 0 N–H and O–H groups in total. The van der Waals surface area contributed by atoms with Crippen LogP contribution in [-0.4, -0.2) is 28.5 Å². The second-order valence-corrected chi connectivity index (χ2v) is 9.31. The summed E-state index contributed by atoms with van der Waals surface area (Å²) in [6.07, 6.45) is 6.41. The fourth-order valence-corrected chi connectivity index (χ4v) is 5.52. The van der Waals surface area contributed by atoms with Gasteiger partial charge in [0.1, 0.15) is 0 Å². The largest absolute Gasteiger partial charge is 0.338 e. The summed E-state index contributed by atoms with van der Waals surface area (Å²) in [7, 11) is 0. The fraction of sp³-hybridized carbons (Fsp3) is 0.478. The number of amides is 1. The lowest BCUT2D eigenvalue weighted by Gasteiger charge is -2.42. The lowest BCUT2D eigenvalue weighted by Crippen LogP contribution is -2.48. The molecule has 1 saturated heterocycles. The Balaban J connectivity index is 1.48. The smallest absolute Gasteiger partial charge is 0.250 e. The van der Waals surface area contributed by atoms with Gasteiger partial charge in [-0.05, 0) is 55.9 Å². The summed E-state index contributed by atoms with van der Waals surface area (Å²) < 4.78 is 1.91. The third-order valence-corrected chi connectivity index (χ3v) is 7.24. The number of unbranched alkanes of at least 4 members (excludes halogenated alkanes) is 1. The predicted molar refractivity (Wildman–Crippen MR) is 115 cm³/mol. The van der Waals surface area contributed by atoms with Gasteiger partial charge >= 0.3 is 0 Å². The van der Waals surface area contributed by atoms with Gasteiger partial charge in [-0.2, -0.15) is 0 Å². The van der Waals surface area contributed by atoms with Gasteiger partial charge in [-0.15, -0.1) is 11.3 Å². The number of nitrogens with zero attached hydrogens (tertiary/aromatic N) is 2. The number of hydrogen-bond acceptors (Lipinski definition) is 3. The van der Waals surface area contributed by atoms with Crippen LogP contribution < -0.4 is 5.56 Å². The molecule has 0 spiro atoms. The molecule has 5 heteroatoms. The van der Waals surface area contributed by atoms with E-state index in [1.807, 2.05) is 28.5 Å². The molecule has 2 aliphatic heterocycles. The van der Waals surface area contributed by atoms with E-state index < -0.39 is 0 Å². The van der Waals surface area contributed by atoms with Gasteiger partial charge in [0.15, 0.2) is 0 Å². The molecule has 2 aromatic heterocycles. The summed E-state index contributed by atoms with van der Waals surface area (Å²) in [5.41, 5.74) is 2.21. The topological polar surface area (TPSA) is 42.3 Å². The Hall–Kier alpha value is -2.14. The minimum atomic E-state index is 0.0827. The van der Waals surface area contributed by atoms with Crippen molar-refractivity contribution in [2.75, 3.05) is 13.1 Å². The molecule has 28 heavy (non-hydrogen) atoms. The molecular formula is C23H28N2O2S. The number of aromatic nitrogens is 1. The molecule has 2 unspecified atom stereocenters. The molecule has 0 aromatic carbocycles. The number of piperidine rings is 1. The van der Waals surface area contributed by atoms with Crippen molar-refractivity contribution in [2.45, 2.75) is 52.0 Å². The van der Waals surface area contributed by atoms with Gasteiger partial charge in [0.05, 0.1) is 0 Å². The van der Waals surface area contributed by atoms with Crippen molar-refractivity contribution in [2.24, 2.45) is 5.92 Å². The first-order chi connectivity index (χ1) is 13.5. The van der Waals surface area contributed by atoms with Crippen LogP contribution in [0.3, 0.4) is 0 Å². The van der Waals surface area contributed by atoms with Crippen molar-refractivity contribution in [3.63, 3.8) is 0 Å². The quantitative estimate of drug-likeness (QED) is 0.707. The number of likely N-dealkylation sites (tertiary alicyclic amines) is 1. The van der Waals surface area contributed by atoms with Crippen LogP contribution in [0.2, 0.25) is 0 Å². The van der Waals surface area contributed by atoms with Gasteiger partial charge in [0.2, 0.25) is 5.91 Å². The van der Waals surface area contributed by atoms with E-state index in [9.17, 15) is 9.59 Å².